The van der Waals surface area contributed by atoms with Gasteiger partial charge in [0, 0.05) is 25.9 Å². The Bertz CT molecular complexity index is 1250. The summed E-state index contributed by atoms with van der Waals surface area (Å²) in [4.78, 5) is 73.3. The fraction of sp³-hybridized carbons (Fsp3) is 0.280. The number of rotatable bonds is 14. The van der Waals surface area contributed by atoms with Gasteiger partial charge in [0.25, 0.3) is 11.8 Å². The van der Waals surface area contributed by atoms with Crippen molar-refractivity contribution in [2.45, 2.75) is 32.4 Å². The SMILES string of the molecule is NNC(=O)CCCC(=O)N(CC(=O)NCc1ccc(C(=O)NO)c(O)c1)CC(=O)NCc1ccc(C(=O)NO)c(O)c1. The van der Waals surface area contributed by atoms with Crippen LogP contribution in [-0.4, -0.2) is 74.1 Å². The fourth-order valence-corrected chi connectivity index (χ4v) is 3.60. The molecule has 0 saturated carbocycles. The van der Waals surface area contributed by atoms with Gasteiger partial charge in [0.1, 0.15) is 24.6 Å². The molecule has 2 rings (SSSR count). The highest BCUT2D eigenvalue weighted by atomic mass is 16.5. The second kappa shape index (κ2) is 16.1. The van der Waals surface area contributed by atoms with Crippen molar-refractivity contribution in [3.05, 3.63) is 58.7 Å². The number of phenols is 2. The summed E-state index contributed by atoms with van der Waals surface area (Å²) in [6, 6.07) is 7.70. The average Bonchev–Trinajstić information content (AvgIpc) is 2.97. The second-order valence-electron chi connectivity index (χ2n) is 8.81. The van der Waals surface area contributed by atoms with Crippen LogP contribution < -0.4 is 32.9 Å². The molecule has 0 aliphatic heterocycles. The molecule has 0 aromatic heterocycles. The summed E-state index contributed by atoms with van der Waals surface area (Å²) in [7, 11) is 0. The van der Waals surface area contributed by atoms with Gasteiger partial charge in [-0.2, -0.15) is 0 Å². The van der Waals surface area contributed by atoms with Crippen molar-refractivity contribution in [3.8, 4) is 11.5 Å². The van der Waals surface area contributed by atoms with Crippen molar-refractivity contribution in [1.29, 1.82) is 0 Å². The van der Waals surface area contributed by atoms with Crippen molar-refractivity contribution in [1.82, 2.24) is 31.9 Å². The molecule has 0 fully saturated rings. The highest BCUT2D eigenvalue weighted by Gasteiger charge is 2.21. The molecule has 11 N–H and O–H groups in total. The molecule has 226 valence electrons. The molecule has 0 atom stereocenters. The third kappa shape index (κ3) is 10.0. The van der Waals surface area contributed by atoms with E-state index in [0.717, 1.165) is 4.90 Å². The van der Waals surface area contributed by atoms with Crippen molar-refractivity contribution in [3.63, 3.8) is 0 Å². The van der Waals surface area contributed by atoms with Gasteiger partial charge < -0.3 is 25.7 Å². The monoisotopic (exact) mass is 589 g/mol. The van der Waals surface area contributed by atoms with Gasteiger partial charge in [0.2, 0.25) is 23.6 Å². The maximum Gasteiger partial charge on any atom is 0.278 e. The highest BCUT2D eigenvalue weighted by Crippen LogP contribution is 2.19. The molecule has 0 spiro atoms. The molecular weight excluding hydrogens is 558 g/mol. The molecule has 0 radical (unpaired) electrons. The van der Waals surface area contributed by atoms with Gasteiger partial charge in [-0.25, -0.2) is 16.8 Å². The maximum atomic E-state index is 12.8. The van der Waals surface area contributed by atoms with Crippen LogP contribution >= 0.6 is 0 Å². The topological polar surface area (TPSA) is 273 Å². The molecule has 0 aliphatic carbocycles. The van der Waals surface area contributed by atoms with E-state index in [2.05, 4.69) is 10.6 Å². The predicted octanol–water partition coefficient (Wildman–Crippen LogP) is -1.74. The number of amides is 6. The lowest BCUT2D eigenvalue weighted by molar-refractivity contribution is -0.139. The van der Waals surface area contributed by atoms with Crippen LogP contribution in [-0.2, 0) is 32.3 Å². The zero-order valence-electron chi connectivity index (χ0n) is 22.2. The molecule has 0 aliphatic rings. The van der Waals surface area contributed by atoms with Crippen LogP contribution in [0.1, 0.15) is 51.1 Å². The third-order valence-corrected chi connectivity index (χ3v) is 5.77. The molecule has 0 heterocycles. The largest absolute Gasteiger partial charge is 0.507 e. The Morgan fingerprint density at radius 3 is 1.52 bits per heavy atom. The van der Waals surface area contributed by atoms with Gasteiger partial charge >= 0.3 is 0 Å². The zero-order valence-corrected chi connectivity index (χ0v) is 22.2. The zero-order chi connectivity index (χ0) is 31.2. The smallest absolute Gasteiger partial charge is 0.278 e. The first-order valence-electron chi connectivity index (χ1n) is 12.3. The number of hydroxylamine groups is 2. The molecule has 6 amide bonds. The lowest BCUT2D eigenvalue weighted by atomic mass is 10.1. The standard InChI is InChI=1S/C25H31N7O10/c26-29-20(35)2-1-3-23(38)32(12-21(36)27-10-14-4-6-16(18(33)8-14)24(39)30-41)13-22(37)28-11-15-5-7-17(19(34)9-15)25(40)31-42/h4-9,33-34,41-42H,1-3,10-13,26H2,(H,27,36)(H,28,37)(H,29,35)(H,30,39)(H,31,40). The van der Waals surface area contributed by atoms with Crippen molar-refractivity contribution < 1.29 is 49.4 Å². The number of carbonyl (C=O) groups excluding carboxylic acids is 6. The predicted molar refractivity (Wildman–Crippen MR) is 141 cm³/mol. The van der Waals surface area contributed by atoms with Crippen LogP contribution in [0.2, 0.25) is 0 Å². The maximum absolute atomic E-state index is 12.8. The molecule has 0 unspecified atom stereocenters. The molecule has 0 bridgehead atoms. The van der Waals surface area contributed by atoms with Gasteiger partial charge in [0.05, 0.1) is 11.1 Å². The Kier molecular flexibility index (Phi) is 12.6. The van der Waals surface area contributed by atoms with Gasteiger partial charge in [-0.3, -0.25) is 44.6 Å². The van der Waals surface area contributed by atoms with E-state index in [1.54, 1.807) is 0 Å². The quantitative estimate of drug-likeness (QED) is 0.0511. The van der Waals surface area contributed by atoms with Crippen LogP contribution in [0.5, 0.6) is 11.5 Å². The number of nitrogens with one attached hydrogen (secondary N) is 5. The van der Waals surface area contributed by atoms with Crippen molar-refractivity contribution in [2.75, 3.05) is 13.1 Å². The van der Waals surface area contributed by atoms with E-state index < -0.39 is 60.0 Å². The van der Waals surface area contributed by atoms with E-state index in [4.69, 9.17) is 16.3 Å². The number of hydrogen-bond donors (Lipinski definition) is 10. The molecule has 2 aromatic rings. The minimum atomic E-state index is -0.928. The third-order valence-electron chi connectivity index (χ3n) is 5.77. The number of carbonyl (C=O) groups is 6. The summed E-state index contributed by atoms with van der Waals surface area (Å²) >= 11 is 0. The summed E-state index contributed by atoms with van der Waals surface area (Å²) in [5.41, 5.74) is 5.11. The summed E-state index contributed by atoms with van der Waals surface area (Å²) in [5.74, 6) is -0.123. The van der Waals surface area contributed by atoms with Crippen LogP contribution in [0.15, 0.2) is 36.4 Å². The fourth-order valence-electron chi connectivity index (χ4n) is 3.60. The lowest BCUT2D eigenvalue weighted by Gasteiger charge is -2.22. The van der Waals surface area contributed by atoms with Gasteiger partial charge in [-0.15, -0.1) is 0 Å². The number of nitrogens with two attached hydrogens (primary N) is 1. The lowest BCUT2D eigenvalue weighted by Crippen LogP contribution is -2.45. The summed E-state index contributed by atoms with van der Waals surface area (Å²) < 4.78 is 0. The number of aromatic hydroxyl groups is 2. The molecule has 17 nitrogen and oxygen atoms in total. The van der Waals surface area contributed by atoms with Crippen LogP contribution in [0.4, 0.5) is 0 Å². The Morgan fingerprint density at radius 2 is 1.14 bits per heavy atom. The number of nitrogens with zero attached hydrogens (tertiary/aromatic N) is 1. The minimum absolute atomic E-state index is 0.0595. The molecule has 2 aromatic carbocycles. The number of phenolic OH excluding ortho intramolecular Hbond substituents is 2. The highest BCUT2D eigenvalue weighted by molar-refractivity contribution is 5.96. The second-order valence-corrected chi connectivity index (χ2v) is 8.81. The number of benzene rings is 2. The van der Waals surface area contributed by atoms with Crippen LogP contribution in [0.25, 0.3) is 0 Å². The van der Waals surface area contributed by atoms with E-state index in [1.807, 2.05) is 5.43 Å². The molecule has 42 heavy (non-hydrogen) atoms. The van der Waals surface area contributed by atoms with E-state index in [0.29, 0.717) is 11.1 Å². The van der Waals surface area contributed by atoms with Gasteiger partial charge in [0.15, 0.2) is 0 Å². The van der Waals surface area contributed by atoms with E-state index in [-0.39, 0.29) is 43.5 Å². The first-order valence-corrected chi connectivity index (χ1v) is 12.3. The van der Waals surface area contributed by atoms with Gasteiger partial charge in [-0.05, 0) is 41.8 Å². The van der Waals surface area contributed by atoms with E-state index >= 15 is 0 Å². The molecule has 0 saturated heterocycles. The summed E-state index contributed by atoms with van der Waals surface area (Å²) in [5, 5.41) is 42.4. The van der Waals surface area contributed by atoms with Crippen molar-refractivity contribution >= 4 is 35.4 Å². The normalized spacial score (nSPS) is 10.3. The molecule has 17 heteroatoms. The first kappa shape index (κ1) is 32.9. The Hall–Kier alpha value is -5.26. The van der Waals surface area contributed by atoms with E-state index in [9.17, 15) is 39.0 Å². The van der Waals surface area contributed by atoms with E-state index in [1.165, 1.54) is 47.4 Å². The van der Waals surface area contributed by atoms with Crippen molar-refractivity contribution in [2.24, 2.45) is 5.84 Å². The van der Waals surface area contributed by atoms with Gasteiger partial charge in [-0.1, -0.05) is 12.1 Å². The average molecular weight is 590 g/mol. The summed E-state index contributed by atoms with van der Waals surface area (Å²) in [6.45, 7) is -1.27. The Labute approximate surface area is 238 Å². The summed E-state index contributed by atoms with van der Waals surface area (Å²) in [6.07, 6.45) is -0.129. The number of hydrogen-bond acceptors (Lipinski definition) is 11. The Morgan fingerprint density at radius 1 is 0.690 bits per heavy atom. The minimum Gasteiger partial charge on any atom is -0.507 e. The Balaban J connectivity index is 2.02. The van der Waals surface area contributed by atoms with Crippen LogP contribution in [0, 0.1) is 0 Å². The number of hydrazine groups is 1. The first-order chi connectivity index (χ1) is 20.0. The van der Waals surface area contributed by atoms with Crippen LogP contribution in [0.3, 0.4) is 0 Å². The molecular formula is C25H31N7O10.